The van der Waals surface area contributed by atoms with Gasteiger partial charge in [0.15, 0.2) is 0 Å². The van der Waals surface area contributed by atoms with Crippen molar-refractivity contribution in [2.75, 3.05) is 32.7 Å². The molecule has 1 N–H and O–H groups in total. The Labute approximate surface area is 151 Å². The summed E-state index contributed by atoms with van der Waals surface area (Å²) in [5.74, 6) is 1.21. The molecule has 1 aliphatic carbocycles. The lowest BCUT2D eigenvalue weighted by Gasteiger charge is -2.34. The van der Waals surface area contributed by atoms with Gasteiger partial charge < -0.3 is 15.1 Å². The summed E-state index contributed by atoms with van der Waals surface area (Å²) in [6.45, 7) is 3.87. The van der Waals surface area contributed by atoms with Gasteiger partial charge >= 0.3 is 0 Å². The lowest BCUT2D eigenvalue weighted by Crippen LogP contribution is -2.49. The SMILES string of the molecule is Cl.O=C(CN1CCCCCCC1=O)N1CCC(NCC2CC2)CC1. The van der Waals surface area contributed by atoms with Gasteiger partial charge in [0.2, 0.25) is 11.8 Å². The van der Waals surface area contributed by atoms with Crippen LogP contribution < -0.4 is 5.32 Å². The molecule has 2 saturated heterocycles. The minimum Gasteiger partial charge on any atom is -0.341 e. The molecular formula is C18H32ClN3O2. The number of halogens is 1. The number of hydrogen-bond acceptors (Lipinski definition) is 3. The third-order valence-corrected chi connectivity index (χ3v) is 5.49. The van der Waals surface area contributed by atoms with Crippen LogP contribution in [0, 0.1) is 5.92 Å². The Morgan fingerprint density at radius 2 is 1.71 bits per heavy atom. The number of nitrogens with one attached hydrogen (secondary N) is 1. The van der Waals surface area contributed by atoms with Crippen LogP contribution >= 0.6 is 12.4 Å². The summed E-state index contributed by atoms with van der Waals surface area (Å²) in [6.07, 6.45) is 9.81. The zero-order chi connectivity index (χ0) is 16.1. The molecule has 0 unspecified atom stereocenters. The van der Waals surface area contributed by atoms with Gasteiger partial charge in [-0.05, 0) is 51.0 Å². The smallest absolute Gasteiger partial charge is 0.242 e. The minimum atomic E-state index is 0. The molecule has 0 aromatic carbocycles. The third-order valence-electron chi connectivity index (χ3n) is 5.49. The van der Waals surface area contributed by atoms with Gasteiger partial charge in [0.25, 0.3) is 0 Å². The first-order chi connectivity index (χ1) is 11.2. The zero-order valence-electron chi connectivity index (χ0n) is 14.7. The summed E-state index contributed by atoms with van der Waals surface area (Å²) >= 11 is 0. The molecule has 0 atom stereocenters. The molecule has 0 spiro atoms. The predicted octanol–water partition coefficient (Wildman–Crippen LogP) is 2.19. The van der Waals surface area contributed by atoms with E-state index in [2.05, 4.69) is 5.32 Å². The first-order valence-electron chi connectivity index (χ1n) is 9.51. The fraction of sp³-hybridized carbons (Fsp3) is 0.889. The molecule has 0 radical (unpaired) electrons. The fourth-order valence-electron chi connectivity index (χ4n) is 3.63. The number of carbonyl (C=O) groups is 2. The zero-order valence-corrected chi connectivity index (χ0v) is 15.5. The number of hydrogen-bond donors (Lipinski definition) is 1. The van der Waals surface area contributed by atoms with E-state index in [9.17, 15) is 9.59 Å². The standard InChI is InChI=1S/C18H31N3O2.ClH/c22-17-5-3-1-2-4-10-21(17)14-18(23)20-11-8-16(9-12-20)19-13-15-6-7-15;/h15-16,19H,1-14H2;1H. The van der Waals surface area contributed by atoms with Gasteiger partial charge in [0.05, 0.1) is 6.54 Å². The second kappa shape index (κ2) is 9.62. The van der Waals surface area contributed by atoms with E-state index in [0.717, 1.165) is 64.2 Å². The molecule has 24 heavy (non-hydrogen) atoms. The topological polar surface area (TPSA) is 52.7 Å². The van der Waals surface area contributed by atoms with E-state index in [1.54, 1.807) is 4.90 Å². The molecule has 2 amide bonds. The summed E-state index contributed by atoms with van der Waals surface area (Å²) in [5, 5.41) is 3.64. The Morgan fingerprint density at radius 1 is 1.00 bits per heavy atom. The molecule has 2 aliphatic heterocycles. The van der Waals surface area contributed by atoms with Gasteiger partial charge in [-0.3, -0.25) is 9.59 Å². The molecule has 2 heterocycles. The van der Waals surface area contributed by atoms with Crippen molar-refractivity contribution in [2.45, 2.75) is 63.8 Å². The van der Waals surface area contributed by atoms with Crippen LogP contribution in [-0.2, 0) is 9.59 Å². The van der Waals surface area contributed by atoms with Crippen molar-refractivity contribution in [3.8, 4) is 0 Å². The maximum Gasteiger partial charge on any atom is 0.242 e. The van der Waals surface area contributed by atoms with E-state index in [4.69, 9.17) is 0 Å². The molecule has 1 saturated carbocycles. The van der Waals surface area contributed by atoms with Crippen molar-refractivity contribution in [2.24, 2.45) is 5.92 Å². The van der Waals surface area contributed by atoms with Gasteiger partial charge in [0, 0.05) is 32.1 Å². The van der Waals surface area contributed by atoms with Gasteiger partial charge in [-0.1, -0.05) is 12.8 Å². The molecular weight excluding hydrogens is 326 g/mol. The van der Waals surface area contributed by atoms with Crippen molar-refractivity contribution in [3.05, 3.63) is 0 Å². The highest BCUT2D eigenvalue weighted by atomic mass is 35.5. The fourth-order valence-corrected chi connectivity index (χ4v) is 3.63. The Bertz CT molecular complexity index is 420. The van der Waals surface area contributed by atoms with E-state index in [1.807, 2.05) is 4.90 Å². The molecule has 0 aromatic rings. The predicted molar refractivity (Wildman–Crippen MR) is 97.2 cm³/mol. The summed E-state index contributed by atoms with van der Waals surface area (Å²) < 4.78 is 0. The summed E-state index contributed by atoms with van der Waals surface area (Å²) in [5.41, 5.74) is 0. The normalized spacial score (nSPS) is 23.4. The number of rotatable bonds is 5. The monoisotopic (exact) mass is 357 g/mol. The van der Waals surface area contributed by atoms with Gasteiger partial charge in [0.1, 0.15) is 0 Å². The third kappa shape index (κ3) is 5.92. The van der Waals surface area contributed by atoms with Crippen LogP contribution in [0.3, 0.4) is 0 Å². The number of piperidine rings is 1. The molecule has 5 nitrogen and oxygen atoms in total. The van der Waals surface area contributed by atoms with Crippen LogP contribution in [0.25, 0.3) is 0 Å². The highest BCUT2D eigenvalue weighted by Crippen LogP contribution is 2.28. The van der Waals surface area contributed by atoms with Crippen molar-refractivity contribution in [1.29, 1.82) is 0 Å². The number of likely N-dealkylation sites (tertiary alicyclic amines) is 2. The summed E-state index contributed by atoms with van der Waals surface area (Å²) in [7, 11) is 0. The van der Waals surface area contributed by atoms with Crippen molar-refractivity contribution in [3.63, 3.8) is 0 Å². The van der Waals surface area contributed by atoms with Crippen molar-refractivity contribution < 1.29 is 9.59 Å². The lowest BCUT2D eigenvalue weighted by atomic mass is 10.0. The van der Waals surface area contributed by atoms with Crippen molar-refractivity contribution in [1.82, 2.24) is 15.1 Å². The van der Waals surface area contributed by atoms with E-state index in [1.165, 1.54) is 19.3 Å². The Kier molecular flexibility index (Phi) is 7.82. The van der Waals surface area contributed by atoms with Crippen LogP contribution in [0.4, 0.5) is 0 Å². The molecule has 0 bridgehead atoms. The van der Waals surface area contributed by atoms with Crippen LogP contribution in [-0.4, -0.2) is 60.4 Å². The second-order valence-corrected chi connectivity index (χ2v) is 7.49. The van der Waals surface area contributed by atoms with Crippen molar-refractivity contribution >= 4 is 24.2 Å². The van der Waals surface area contributed by atoms with Gasteiger partial charge in [-0.25, -0.2) is 0 Å². The van der Waals surface area contributed by atoms with Crippen LogP contribution in [0.15, 0.2) is 0 Å². The highest BCUT2D eigenvalue weighted by Gasteiger charge is 2.27. The number of nitrogens with zero attached hydrogens (tertiary/aromatic N) is 2. The highest BCUT2D eigenvalue weighted by molar-refractivity contribution is 5.85. The molecule has 138 valence electrons. The first kappa shape index (κ1) is 19.5. The maximum atomic E-state index is 12.5. The van der Waals surface area contributed by atoms with Gasteiger partial charge in [-0.2, -0.15) is 0 Å². The van der Waals surface area contributed by atoms with E-state index < -0.39 is 0 Å². The average molecular weight is 358 g/mol. The molecule has 0 aromatic heterocycles. The van der Waals surface area contributed by atoms with Crippen LogP contribution in [0.5, 0.6) is 0 Å². The lowest BCUT2D eigenvalue weighted by molar-refractivity contribution is -0.141. The van der Waals surface area contributed by atoms with Crippen LogP contribution in [0.2, 0.25) is 0 Å². The largest absolute Gasteiger partial charge is 0.341 e. The van der Waals surface area contributed by atoms with Gasteiger partial charge in [-0.15, -0.1) is 12.4 Å². The molecule has 3 fully saturated rings. The average Bonchev–Trinajstić information content (AvgIpc) is 3.37. The number of amides is 2. The quantitative estimate of drug-likeness (QED) is 0.820. The maximum absolute atomic E-state index is 12.5. The minimum absolute atomic E-state index is 0. The Hall–Kier alpha value is -0.810. The van der Waals surface area contributed by atoms with E-state index >= 15 is 0 Å². The molecule has 3 aliphatic rings. The van der Waals surface area contributed by atoms with E-state index in [0.29, 0.717) is 19.0 Å². The second-order valence-electron chi connectivity index (χ2n) is 7.49. The van der Waals surface area contributed by atoms with E-state index in [-0.39, 0.29) is 24.2 Å². The first-order valence-corrected chi connectivity index (χ1v) is 9.51. The Morgan fingerprint density at radius 3 is 2.42 bits per heavy atom. The summed E-state index contributed by atoms with van der Waals surface area (Å²) in [6, 6.07) is 0.572. The van der Waals surface area contributed by atoms with Crippen LogP contribution in [0.1, 0.15) is 57.8 Å². The molecule has 3 rings (SSSR count). The number of carbonyl (C=O) groups excluding carboxylic acids is 2. The summed E-state index contributed by atoms with van der Waals surface area (Å²) in [4.78, 5) is 28.4. The Balaban J connectivity index is 0.00000208. The molecule has 6 heteroatoms.